The van der Waals surface area contributed by atoms with Crippen LogP contribution in [0.15, 0.2) is 22.7 Å². The molecule has 1 aliphatic heterocycles. The second-order valence-electron chi connectivity index (χ2n) is 7.45. The first kappa shape index (κ1) is 23.8. The van der Waals surface area contributed by atoms with Gasteiger partial charge in [-0.05, 0) is 53.5 Å². The summed E-state index contributed by atoms with van der Waals surface area (Å²) in [5.41, 5.74) is 1.96. The average molecular weight is 508 g/mol. The van der Waals surface area contributed by atoms with E-state index in [-0.39, 0.29) is 42.6 Å². The average Bonchev–Trinajstić information content (AvgIpc) is 3.05. The molecule has 0 bridgehead atoms. The summed E-state index contributed by atoms with van der Waals surface area (Å²) in [6.07, 6.45) is 0. The maximum Gasteiger partial charge on any atom is 0.197 e. The Balaban J connectivity index is 1.90. The molecule has 0 fully saturated rings. The number of anilines is 1. The predicted molar refractivity (Wildman–Crippen MR) is 125 cm³/mol. The predicted octanol–water partition coefficient (Wildman–Crippen LogP) is 4.48. The Bertz CT molecular complexity index is 1060. The molecule has 0 atom stereocenters. The number of halogens is 2. The monoisotopic (exact) mass is 507 g/mol. The van der Waals surface area contributed by atoms with Gasteiger partial charge in [0.15, 0.2) is 28.8 Å². The van der Waals surface area contributed by atoms with E-state index in [1.54, 1.807) is 37.1 Å². The molecule has 3 rings (SSSR count). The van der Waals surface area contributed by atoms with Gasteiger partial charge in [-0.25, -0.2) is 4.39 Å². The number of ether oxygens (including phenoxy) is 3. The van der Waals surface area contributed by atoms with E-state index >= 15 is 4.39 Å². The van der Waals surface area contributed by atoms with Gasteiger partial charge < -0.3 is 24.0 Å². The number of methoxy groups -OCH3 is 1. The Morgan fingerprint density at radius 1 is 1.19 bits per heavy atom. The van der Waals surface area contributed by atoms with Crippen LogP contribution in [0.1, 0.15) is 35.3 Å². The second-order valence-corrected chi connectivity index (χ2v) is 8.31. The molecule has 0 spiro atoms. The SMILES string of the molecule is CCOc1cc2c(c(F)c1OCC)C(=N)N(CC(=O)c1cc(Br)c(OC)c(N(C)C)c1)C2. The minimum atomic E-state index is -0.630. The van der Waals surface area contributed by atoms with Gasteiger partial charge in [-0.3, -0.25) is 10.2 Å². The molecule has 2 aromatic rings. The van der Waals surface area contributed by atoms with Crippen molar-refractivity contribution < 1.29 is 23.4 Å². The summed E-state index contributed by atoms with van der Waals surface area (Å²) in [6.45, 7) is 4.37. The van der Waals surface area contributed by atoms with E-state index in [4.69, 9.17) is 19.6 Å². The Kier molecular flexibility index (Phi) is 7.28. The Morgan fingerprint density at radius 3 is 2.47 bits per heavy atom. The van der Waals surface area contributed by atoms with Gasteiger partial charge in [-0.15, -0.1) is 0 Å². The molecule has 9 heteroatoms. The minimum Gasteiger partial charge on any atom is -0.493 e. The largest absolute Gasteiger partial charge is 0.493 e. The van der Waals surface area contributed by atoms with E-state index in [0.717, 1.165) is 5.69 Å². The summed E-state index contributed by atoms with van der Waals surface area (Å²) in [5, 5.41) is 8.50. The number of carbonyl (C=O) groups is 1. The number of hydrogen-bond acceptors (Lipinski definition) is 6. The van der Waals surface area contributed by atoms with E-state index in [9.17, 15) is 4.79 Å². The molecule has 0 radical (unpaired) electrons. The van der Waals surface area contributed by atoms with Gasteiger partial charge in [-0.1, -0.05) is 0 Å². The van der Waals surface area contributed by atoms with Gasteiger partial charge in [0.1, 0.15) is 5.84 Å². The number of benzene rings is 2. The van der Waals surface area contributed by atoms with Gasteiger partial charge >= 0.3 is 0 Å². The highest BCUT2D eigenvalue weighted by atomic mass is 79.9. The van der Waals surface area contributed by atoms with Crippen molar-refractivity contribution in [1.29, 1.82) is 5.41 Å². The van der Waals surface area contributed by atoms with Gasteiger partial charge in [0.2, 0.25) is 0 Å². The number of rotatable bonds is 9. The number of fused-ring (bicyclic) bond motifs is 1. The molecule has 0 amide bonds. The molecule has 7 nitrogen and oxygen atoms in total. The first-order valence-electron chi connectivity index (χ1n) is 10.3. The van der Waals surface area contributed by atoms with Crippen LogP contribution < -0.4 is 19.1 Å². The fourth-order valence-corrected chi connectivity index (χ4v) is 4.31. The van der Waals surface area contributed by atoms with Crippen molar-refractivity contribution in [3.05, 3.63) is 45.2 Å². The van der Waals surface area contributed by atoms with Crippen molar-refractivity contribution >= 4 is 33.2 Å². The molecular weight excluding hydrogens is 481 g/mol. The highest BCUT2D eigenvalue weighted by Gasteiger charge is 2.33. The van der Waals surface area contributed by atoms with Gasteiger partial charge in [0.25, 0.3) is 0 Å². The lowest BCUT2D eigenvalue weighted by Crippen LogP contribution is -2.30. The molecule has 1 aliphatic rings. The van der Waals surface area contributed by atoms with Gasteiger partial charge in [-0.2, -0.15) is 0 Å². The van der Waals surface area contributed by atoms with E-state index in [1.807, 2.05) is 25.9 Å². The number of Topliss-reactive ketones (excluding diaryl/α,β-unsaturated/α-hetero) is 1. The number of nitrogens with one attached hydrogen (secondary N) is 1. The number of hydrogen-bond donors (Lipinski definition) is 1. The molecule has 0 unspecified atom stereocenters. The van der Waals surface area contributed by atoms with Crippen LogP contribution >= 0.6 is 15.9 Å². The molecule has 2 aromatic carbocycles. The van der Waals surface area contributed by atoms with E-state index < -0.39 is 5.82 Å². The lowest BCUT2D eigenvalue weighted by molar-refractivity contribution is 0.0962. The maximum absolute atomic E-state index is 15.2. The summed E-state index contributed by atoms with van der Waals surface area (Å²) in [6, 6.07) is 5.14. The zero-order chi connectivity index (χ0) is 23.6. The molecule has 0 saturated carbocycles. The van der Waals surface area contributed by atoms with Crippen molar-refractivity contribution in [3.63, 3.8) is 0 Å². The lowest BCUT2D eigenvalue weighted by atomic mass is 10.1. The third-order valence-electron chi connectivity index (χ3n) is 5.14. The highest BCUT2D eigenvalue weighted by molar-refractivity contribution is 9.10. The summed E-state index contributed by atoms with van der Waals surface area (Å²) in [7, 11) is 5.29. The van der Waals surface area contributed by atoms with E-state index in [1.165, 1.54) is 0 Å². The quantitative estimate of drug-likeness (QED) is 0.504. The van der Waals surface area contributed by atoms with Crippen LogP contribution in [0, 0.1) is 11.2 Å². The smallest absolute Gasteiger partial charge is 0.197 e. The Morgan fingerprint density at radius 2 is 1.88 bits per heavy atom. The summed E-state index contributed by atoms with van der Waals surface area (Å²) < 4.78 is 32.3. The van der Waals surface area contributed by atoms with Gasteiger partial charge in [0, 0.05) is 26.2 Å². The fraction of sp³-hybridized carbons (Fsp3) is 0.391. The number of nitrogens with zero attached hydrogens (tertiary/aromatic N) is 2. The minimum absolute atomic E-state index is 0.000682. The first-order valence-corrected chi connectivity index (χ1v) is 11.1. The van der Waals surface area contributed by atoms with Crippen LogP contribution in [-0.4, -0.2) is 57.5 Å². The number of amidine groups is 1. The zero-order valence-electron chi connectivity index (χ0n) is 18.8. The molecule has 0 aliphatic carbocycles. The summed E-state index contributed by atoms with van der Waals surface area (Å²) in [4.78, 5) is 16.5. The molecule has 32 heavy (non-hydrogen) atoms. The van der Waals surface area contributed by atoms with Crippen LogP contribution in [-0.2, 0) is 6.54 Å². The lowest BCUT2D eigenvalue weighted by Gasteiger charge is -2.20. The van der Waals surface area contributed by atoms with Crippen molar-refractivity contribution in [2.45, 2.75) is 20.4 Å². The van der Waals surface area contributed by atoms with Gasteiger partial charge in [0.05, 0.1) is 42.6 Å². The molecule has 0 aromatic heterocycles. The Hall–Kier alpha value is -2.81. The summed E-state index contributed by atoms with van der Waals surface area (Å²) >= 11 is 3.46. The first-order chi connectivity index (χ1) is 15.2. The topological polar surface area (TPSA) is 75.1 Å². The zero-order valence-corrected chi connectivity index (χ0v) is 20.4. The van der Waals surface area contributed by atoms with E-state index in [2.05, 4.69) is 15.9 Å². The van der Waals surface area contributed by atoms with Crippen molar-refractivity contribution in [2.75, 3.05) is 45.9 Å². The second kappa shape index (κ2) is 9.77. The standard InChI is InChI=1S/C23H27BrFN3O4/c1-6-31-18-10-14-11-28(23(26)19(14)20(25)22(18)32-7-2)12-17(29)13-8-15(24)21(30-5)16(9-13)27(3)4/h8-10,26H,6-7,11-12H2,1-5H3. The Labute approximate surface area is 195 Å². The number of carbonyl (C=O) groups excluding carboxylic acids is 1. The van der Waals surface area contributed by atoms with Crippen LogP contribution in [0.2, 0.25) is 0 Å². The van der Waals surface area contributed by atoms with Crippen LogP contribution in [0.3, 0.4) is 0 Å². The fourth-order valence-electron chi connectivity index (χ4n) is 3.70. The van der Waals surface area contributed by atoms with Crippen molar-refractivity contribution in [3.8, 4) is 17.2 Å². The molecular formula is C23H27BrFN3O4. The molecule has 1 heterocycles. The maximum atomic E-state index is 15.2. The van der Waals surface area contributed by atoms with Crippen molar-refractivity contribution in [1.82, 2.24) is 4.90 Å². The third kappa shape index (κ3) is 4.39. The number of ketones is 1. The van der Waals surface area contributed by atoms with Crippen LogP contribution in [0.4, 0.5) is 10.1 Å². The molecule has 172 valence electrons. The van der Waals surface area contributed by atoms with E-state index in [0.29, 0.717) is 33.7 Å². The highest BCUT2D eigenvalue weighted by Crippen LogP contribution is 2.39. The normalized spacial score (nSPS) is 12.6. The van der Waals surface area contributed by atoms with Crippen molar-refractivity contribution in [2.24, 2.45) is 0 Å². The summed E-state index contributed by atoms with van der Waals surface area (Å²) in [5.74, 6) is 0.0680. The third-order valence-corrected chi connectivity index (χ3v) is 5.73. The molecule has 1 N–H and O–H groups in total. The van der Waals surface area contributed by atoms with Crippen LogP contribution in [0.25, 0.3) is 0 Å². The van der Waals surface area contributed by atoms with Crippen LogP contribution in [0.5, 0.6) is 17.2 Å². The molecule has 0 saturated heterocycles.